The monoisotopic (exact) mass is 274 g/mol. The number of nitro groups is 1. The van der Waals surface area contributed by atoms with Crippen molar-refractivity contribution in [1.82, 2.24) is 0 Å². The van der Waals surface area contributed by atoms with Crippen molar-refractivity contribution < 1.29 is 23.2 Å². The van der Waals surface area contributed by atoms with Crippen molar-refractivity contribution >= 4 is 11.7 Å². The summed E-state index contributed by atoms with van der Waals surface area (Å²) in [5, 5.41) is 10.7. The highest BCUT2D eigenvalue weighted by Gasteiger charge is 2.32. The van der Waals surface area contributed by atoms with Crippen molar-refractivity contribution in [3.8, 4) is 0 Å². The lowest BCUT2D eigenvalue weighted by molar-refractivity contribution is -0.385. The zero-order valence-corrected chi connectivity index (χ0v) is 10.0. The fraction of sp³-hybridized carbons (Fsp3) is 0.364. The van der Waals surface area contributed by atoms with Gasteiger partial charge in [-0.05, 0) is 19.1 Å². The summed E-state index contributed by atoms with van der Waals surface area (Å²) in [5.41, 5.74) is 4.48. The van der Waals surface area contributed by atoms with E-state index in [4.69, 9.17) is 5.73 Å². The van der Waals surface area contributed by atoms with Crippen molar-refractivity contribution in [1.29, 1.82) is 0 Å². The number of hydrogen-bond acceptors (Lipinski definition) is 5. The molecule has 0 aromatic heterocycles. The molecule has 6 nitrogen and oxygen atoms in total. The first-order valence-corrected chi connectivity index (χ1v) is 5.38. The lowest BCUT2D eigenvalue weighted by Crippen LogP contribution is -2.32. The standard InChI is InChI=1S/C11H12F2N2O4/c1-2-19-11(16)9(13)10(14)7-5-6(12)3-4-8(7)15(17)18/h3-5,9-10H,2,14H2,1H3/t9?,10-/m0/s1. The zero-order chi connectivity index (χ0) is 14.6. The minimum absolute atomic E-state index is 0.0583. The van der Waals surface area contributed by atoms with Crippen LogP contribution >= 0.6 is 0 Å². The Morgan fingerprint density at radius 2 is 2.21 bits per heavy atom. The molecule has 0 radical (unpaired) electrons. The second-order valence-electron chi connectivity index (χ2n) is 3.64. The minimum atomic E-state index is -2.31. The molecule has 8 heteroatoms. The van der Waals surface area contributed by atoms with Gasteiger partial charge in [-0.1, -0.05) is 0 Å². The van der Waals surface area contributed by atoms with E-state index in [-0.39, 0.29) is 6.61 Å². The molecule has 1 unspecified atom stereocenters. The Kier molecular flexibility index (Phi) is 4.87. The molecule has 1 aromatic carbocycles. The molecule has 0 aliphatic carbocycles. The average molecular weight is 274 g/mol. The number of carbonyl (C=O) groups excluding carboxylic acids is 1. The maximum Gasteiger partial charge on any atom is 0.342 e. The highest BCUT2D eigenvalue weighted by Crippen LogP contribution is 2.28. The molecule has 0 bridgehead atoms. The van der Waals surface area contributed by atoms with Crippen LogP contribution < -0.4 is 5.73 Å². The van der Waals surface area contributed by atoms with Gasteiger partial charge in [0.05, 0.1) is 23.1 Å². The molecule has 0 saturated heterocycles. The van der Waals surface area contributed by atoms with Crippen LogP contribution in [0.4, 0.5) is 14.5 Å². The maximum absolute atomic E-state index is 13.7. The third kappa shape index (κ3) is 3.44. The second kappa shape index (κ2) is 6.19. The number of nitrogens with two attached hydrogens (primary N) is 1. The van der Waals surface area contributed by atoms with E-state index in [9.17, 15) is 23.7 Å². The minimum Gasteiger partial charge on any atom is -0.464 e. The van der Waals surface area contributed by atoms with Gasteiger partial charge in [-0.3, -0.25) is 10.1 Å². The zero-order valence-electron chi connectivity index (χ0n) is 10.0. The van der Waals surface area contributed by atoms with E-state index in [0.29, 0.717) is 0 Å². The smallest absolute Gasteiger partial charge is 0.342 e. The van der Waals surface area contributed by atoms with Gasteiger partial charge >= 0.3 is 5.97 Å². The van der Waals surface area contributed by atoms with Crippen molar-refractivity contribution in [2.45, 2.75) is 19.1 Å². The maximum atomic E-state index is 13.7. The van der Waals surface area contributed by atoms with Crippen LogP contribution in [0.3, 0.4) is 0 Å². The summed E-state index contributed by atoms with van der Waals surface area (Å²) in [6.07, 6.45) is -2.31. The third-order valence-electron chi connectivity index (χ3n) is 2.37. The van der Waals surface area contributed by atoms with Gasteiger partial charge in [-0.25, -0.2) is 13.6 Å². The summed E-state index contributed by atoms with van der Waals surface area (Å²) in [6, 6.07) is 0.776. The molecule has 19 heavy (non-hydrogen) atoms. The number of rotatable bonds is 5. The van der Waals surface area contributed by atoms with Gasteiger partial charge in [0, 0.05) is 6.07 Å². The first kappa shape index (κ1) is 15.0. The van der Waals surface area contributed by atoms with Gasteiger partial charge < -0.3 is 10.5 Å². The van der Waals surface area contributed by atoms with E-state index >= 15 is 0 Å². The molecule has 0 spiro atoms. The largest absolute Gasteiger partial charge is 0.464 e. The fourth-order valence-electron chi connectivity index (χ4n) is 1.48. The second-order valence-corrected chi connectivity index (χ2v) is 3.64. The van der Waals surface area contributed by atoms with E-state index in [1.165, 1.54) is 6.92 Å². The summed E-state index contributed by atoms with van der Waals surface area (Å²) in [6.45, 7) is 1.41. The summed E-state index contributed by atoms with van der Waals surface area (Å²) < 4.78 is 31.2. The number of hydrogen-bond donors (Lipinski definition) is 1. The topological polar surface area (TPSA) is 95.5 Å². The van der Waals surface area contributed by atoms with Gasteiger partial charge in [0.1, 0.15) is 5.82 Å². The van der Waals surface area contributed by atoms with Crippen molar-refractivity contribution in [3.63, 3.8) is 0 Å². The Bertz CT molecular complexity index is 496. The van der Waals surface area contributed by atoms with Gasteiger partial charge in [-0.2, -0.15) is 0 Å². The van der Waals surface area contributed by atoms with Crippen LogP contribution in [0, 0.1) is 15.9 Å². The normalized spacial score (nSPS) is 13.7. The molecule has 0 saturated carbocycles. The number of halogens is 2. The summed E-state index contributed by atoms with van der Waals surface area (Å²) in [4.78, 5) is 21.1. The molecular formula is C11H12F2N2O4. The first-order chi connectivity index (χ1) is 8.88. The summed E-state index contributed by atoms with van der Waals surface area (Å²) in [5.74, 6) is -2.05. The predicted molar refractivity (Wildman–Crippen MR) is 61.5 cm³/mol. The van der Waals surface area contributed by atoms with Crippen LogP contribution in [-0.4, -0.2) is 23.7 Å². The Labute approximate surface area is 107 Å². The molecule has 1 rings (SSSR count). The van der Waals surface area contributed by atoms with Gasteiger partial charge in [0.15, 0.2) is 0 Å². The Morgan fingerprint density at radius 3 is 2.74 bits per heavy atom. The van der Waals surface area contributed by atoms with Crippen LogP contribution in [0.15, 0.2) is 18.2 Å². The van der Waals surface area contributed by atoms with Crippen LogP contribution in [0.5, 0.6) is 0 Å². The highest BCUT2D eigenvalue weighted by atomic mass is 19.1. The molecule has 0 heterocycles. The number of carbonyl (C=O) groups is 1. The van der Waals surface area contributed by atoms with Crippen LogP contribution in [-0.2, 0) is 9.53 Å². The third-order valence-corrected chi connectivity index (χ3v) is 2.37. The molecule has 0 fully saturated rings. The Balaban J connectivity index is 3.10. The number of benzene rings is 1. The van der Waals surface area contributed by atoms with Crippen LogP contribution in [0.25, 0.3) is 0 Å². The van der Waals surface area contributed by atoms with Crippen molar-refractivity contribution in [3.05, 3.63) is 39.7 Å². The molecule has 2 atom stereocenters. The molecule has 0 amide bonds. The fourth-order valence-corrected chi connectivity index (χ4v) is 1.48. The highest BCUT2D eigenvalue weighted by molar-refractivity contribution is 5.76. The quantitative estimate of drug-likeness (QED) is 0.500. The number of nitro benzene ring substituents is 1. The van der Waals surface area contributed by atoms with E-state index in [1.807, 2.05) is 0 Å². The van der Waals surface area contributed by atoms with E-state index in [2.05, 4.69) is 4.74 Å². The van der Waals surface area contributed by atoms with Crippen LogP contribution in [0.1, 0.15) is 18.5 Å². The lowest BCUT2D eigenvalue weighted by Gasteiger charge is -2.15. The average Bonchev–Trinajstić information content (AvgIpc) is 2.36. The molecule has 104 valence electrons. The van der Waals surface area contributed by atoms with Crippen molar-refractivity contribution in [2.75, 3.05) is 6.61 Å². The lowest BCUT2D eigenvalue weighted by atomic mass is 10.0. The molecule has 0 aliphatic rings. The van der Waals surface area contributed by atoms with E-state index < -0.39 is 40.2 Å². The molecule has 0 aliphatic heterocycles. The Morgan fingerprint density at radius 1 is 1.58 bits per heavy atom. The number of ether oxygens (including phenoxy) is 1. The number of esters is 1. The first-order valence-electron chi connectivity index (χ1n) is 5.38. The number of nitrogens with zero attached hydrogens (tertiary/aromatic N) is 1. The van der Waals surface area contributed by atoms with Gasteiger partial charge in [-0.15, -0.1) is 0 Å². The number of alkyl halides is 1. The summed E-state index contributed by atoms with van der Waals surface area (Å²) >= 11 is 0. The SMILES string of the molecule is CCOC(=O)C(F)[C@@H](N)c1cc(F)ccc1[N+](=O)[O-]. The molecule has 1 aromatic rings. The van der Waals surface area contributed by atoms with E-state index in [0.717, 1.165) is 18.2 Å². The molecular weight excluding hydrogens is 262 g/mol. The van der Waals surface area contributed by atoms with Crippen molar-refractivity contribution in [2.24, 2.45) is 5.73 Å². The molecule has 2 N–H and O–H groups in total. The van der Waals surface area contributed by atoms with Gasteiger partial charge in [0.25, 0.3) is 5.69 Å². The summed E-state index contributed by atoms with van der Waals surface area (Å²) in [7, 11) is 0. The predicted octanol–water partition coefficient (Wildman–Crippen LogP) is 1.63. The Hall–Kier alpha value is -2.09. The van der Waals surface area contributed by atoms with Gasteiger partial charge in [0.2, 0.25) is 6.17 Å². The van der Waals surface area contributed by atoms with Crippen LogP contribution in [0.2, 0.25) is 0 Å². The van der Waals surface area contributed by atoms with E-state index in [1.54, 1.807) is 0 Å².